The van der Waals surface area contributed by atoms with Crippen LogP contribution in [0.2, 0.25) is 0 Å². The first-order valence-corrected chi connectivity index (χ1v) is 7.46. The van der Waals surface area contributed by atoms with Gasteiger partial charge in [0.05, 0.1) is 12.9 Å². The van der Waals surface area contributed by atoms with Crippen molar-refractivity contribution in [2.75, 3.05) is 17.8 Å². The number of aromatic nitrogens is 4. The Labute approximate surface area is 136 Å². The molecule has 1 aliphatic heterocycles. The molecule has 1 saturated heterocycles. The van der Waals surface area contributed by atoms with Gasteiger partial charge in [-0.3, -0.25) is 4.57 Å². The van der Waals surface area contributed by atoms with E-state index >= 15 is 0 Å². The number of aliphatic hydroxyl groups excluding tert-OH is 3. The zero-order valence-electron chi connectivity index (χ0n) is 12.9. The summed E-state index contributed by atoms with van der Waals surface area (Å²) in [4.78, 5) is 12.4. The average Bonchev–Trinajstić information content (AvgIpc) is 3.10. The Hall–Kier alpha value is -2.34. The fourth-order valence-corrected chi connectivity index (χ4v) is 2.48. The van der Waals surface area contributed by atoms with Gasteiger partial charge in [-0.2, -0.15) is 15.1 Å². The number of rotatable bonds is 5. The summed E-state index contributed by atoms with van der Waals surface area (Å²) in [5.74, 6) is 0.304. The highest BCUT2D eigenvalue weighted by molar-refractivity contribution is 5.83. The van der Waals surface area contributed by atoms with Crippen LogP contribution in [0.5, 0.6) is 0 Å². The summed E-state index contributed by atoms with van der Waals surface area (Å²) in [7, 11) is 0. The summed E-state index contributed by atoms with van der Waals surface area (Å²) in [5.41, 5.74) is 9.18. The van der Waals surface area contributed by atoms with Crippen LogP contribution in [0.25, 0.3) is 11.2 Å². The molecule has 4 atom stereocenters. The summed E-state index contributed by atoms with van der Waals surface area (Å²) < 4.78 is 6.92. The molecular formula is C13H19N7O4. The molecule has 2 aromatic rings. The number of imidazole rings is 1. The van der Waals surface area contributed by atoms with Crippen LogP contribution in [0.15, 0.2) is 11.4 Å². The number of nitrogens with two attached hydrogens (primary N) is 1. The van der Waals surface area contributed by atoms with Gasteiger partial charge in [0.1, 0.15) is 23.8 Å². The Bertz CT molecular complexity index is 749. The minimum atomic E-state index is -1.25. The number of hydrogen-bond donors (Lipinski definition) is 5. The fraction of sp³-hybridized carbons (Fsp3) is 0.538. The van der Waals surface area contributed by atoms with Crippen LogP contribution >= 0.6 is 0 Å². The number of nitrogen functional groups attached to an aromatic ring is 1. The molecule has 1 fully saturated rings. The Morgan fingerprint density at radius 3 is 2.88 bits per heavy atom. The van der Waals surface area contributed by atoms with E-state index in [0.717, 1.165) is 6.42 Å². The van der Waals surface area contributed by atoms with Crippen molar-refractivity contribution in [3.8, 4) is 0 Å². The highest BCUT2D eigenvalue weighted by Crippen LogP contribution is 2.32. The van der Waals surface area contributed by atoms with Crippen LogP contribution in [-0.2, 0) is 4.74 Å². The van der Waals surface area contributed by atoms with Crippen molar-refractivity contribution in [1.29, 1.82) is 0 Å². The van der Waals surface area contributed by atoms with E-state index in [1.165, 1.54) is 10.9 Å². The van der Waals surface area contributed by atoms with Crippen molar-refractivity contribution in [2.24, 2.45) is 5.10 Å². The summed E-state index contributed by atoms with van der Waals surface area (Å²) in [6.45, 7) is 1.51. The second kappa shape index (κ2) is 6.65. The van der Waals surface area contributed by atoms with Crippen LogP contribution in [0.1, 0.15) is 19.6 Å². The number of aliphatic hydroxyl groups is 3. The molecule has 0 spiro atoms. The topological polar surface area (TPSA) is 164 Å². The molecule has 1 aliphatic rings. The third-order valence-corrected chi connectivity index (χ3v) is 3.68. The maximum Gasteiger partial charge on any atom is 0.247 e. The van der Waals surface area contributed by atoms with Gasteiger partial charge in [0.2, 0.25) is 5.95 Å². The minimum absolute atomic E-state index is 0.139. The molecule has 0 amide bonds. The molecule has 0 radical (unpaired) electrons. The van der Waals surface area contributed by atoms with Gasteiger partial charge in [0, 0.05) is 6.21 Å². The Kier molecular flexibility index (Phi) is 4.57. The number of fused-ring (bicyclic) bond motifs is 1. The van der Waals surface area contributed by atoms with E-state index in [1.54, 1.807) is 6.21 Å². The van der Waals surface area contributed by atoms with E-state index in [1.807, 2.05) is 6.92 Å². The molecule has 11 heteroatoms. The first-order valence-electron chi connectivity index (χ1n) is 7.46. The Morgan fingerprint density at radius 1 is 1.42 bits per heavy atom. The molecule has 24 heavy (non-hydrogen) atoms. The summed E-state index contributed by atoms with van der Waals surface area (Å²) in [6, 6.07) is 0. The van der Waals surface area contributed by atoms with Crippen molar-refractivity contribution in [3.05, 3.63) is 6.33 Å². The third-order valence-electron chi connectivity index (χ3n) is 3.68. The third kappa shape index (κ3) is 2.78. The maximum absolute atomic E-state index is 10.2. The number of nitrogens with zero attached hydrogens (tertiary/aromatic N) is 5. The number of anilines is 2. The first kappa shape index (κ1) is 16.5. The van der Waals surface area contributed by atoms with E-state index < -0.39 is 31.1 Å². The van der Waals surface area contributed by atoms with Gasteiger partial charge in [0.25, 0.3) is 0 Å². The SMILES string of the molecule is CC/C=N/Nc1nc(N)c2ncn(C3O[C@H](CO)[C@@H](O)[C@H]3O)c2n1. The lowest BCUT2D eigenvalue weighted by atomic mass is 10.1. The molecular weight excluding hydrogens is 318 g/mol. The predicted molar refractivity (Wildman–Crippen MR) is 85.2 cm³/mol. The quantitative estimate of drug-likeness (QED) is 0.334. The lowest BCUT2D eigenvalue weighted by Gasteiger charge is -2.16. The predicted octanol–water partition coefficient (Wildman–Crippen LogP) is -1.17. The standard InChI is InChI=1S/C13H19N7O4/c1-2-3-16-19-13-17-10(14)7-11(18-13)20(5-15-7)12-9(23)8(22)6(4-21)24-12/h3,5-6,8-9,12,21-23H,2,4H2,1H3,(H3,14,17,18,19)/b16-3+/t6-,8-,9-,12?/m1/s1. The zero-order valence-corrected chi connectivity index (χ0v) is 12.9. The Balaban J connectivity index is 1.98. The second-order valence-corrected chi connectivity index (χ2v) is 5.32. The van der Waals surface area contributed by atoms with Crippen LogP contribution in [0.4, 0.5) is 11.8 Å². The molecule has 3 heterocycles. The van der Waals surface area contributed by atoms with Crippen molar-refractivity contribution in [2.45, 2.75) is 37.9 Å². The summed E-state index contributed by atoms with van der Waals surface area (Å²) in [5, 5.41) is 33.2. The van der Waals surface area contributed by atoms with Crippen LogP contribution < -0.4 is 11.2 Å². The fourth-order valence-electron chi connectivity index (χ4n) is 2.48. The lowest BCUT2D eigenvalue weighted by molar-refractivity contribution is -0.0511. The van der Waals surface area contributed by atoms with Crippen LogP contribution in [0, 0.1) is 0 Å². The summed E-state index contributed by atoms with van der Waals surface area (Å²) >= 11 is 0. The van der Waals surface area contributed by atoms with E-state index in [9.17, 15) is 15.3 Å². The molecule has 0 aliphatic carbocycles. The molecule has 1 unspecified atom stereocenters. The molecule has 3 rings (SSSR count). The number of ether oxygens (including phenoxy) is 1. The van der Waals surface area contributed by atoms with Gasteiger partial charge in [-0.05, 0) is 6.42 Å². The van der Waals surface area contributed by atoms with E-state index in [0.29, 0.717) is 11.2 Å². The normalized spacial score (nSPS) is 27.3. The number of nitrogens with one attached hydrogen (secondary N) is 1. The molecule has 11 nitrogen and oxygen atoms in total. The largest absolute Gasteiger partial charge is 0.394 e. The van der Waals surface area contributed by atoms with Crippen LogP contribution in [0.3, 0.4) is 0 Å². The number of hydrazone groups is 1. The van der Waals surface area contributed by atoms with Gasteiger partial charge in [-0.15, -0.1) is 0 Å². The first-order chi connectivity index (χ1) is 11.6. The minimum Gasteiger partial charge on any atom is -0.394 e. The van der Waals surface area contributed by atoms with Gasteiger partial charge in [0.15, 0.2) is 17.7 Å². The van der Waals surface area contributed by atoms with Gasteiger partial charge >= 0.3 is 0 Å². The van der Waals surface area contributed by atoms with Gasteiger partial charge in [-0.25, -0.2) is 10.4 Å². The van der Waals surface area contributed by atoms with Crippen molar-refractivity contribution < 1.29 is 20.1 Å². The molecule has 6 N–H and O–H groups in total. The second-order valence-electron chi connectivity index (χ2n) is 5.32. The lowest BCUT2D eigenvalue weighted by Crippen LogP contribution is -2.33. The monoisotopic (exact) mass is 337 g/mol. The highest BCUT2D eigenvalue weighted by Gasteiger charge is 2.44. The average molecular weight is 337 g/mol. The van der Waals surface area contributed by atoms with Crippen molar-refractivity contribution in [3.63, 3.8) is 0 Å². The summed E-state index contributed by atoms with van der Waals surface area (Å²) in [6.07, 6.45) is -0.543. The van der Waals surface area contributed by atoms with Gasteiger partial charge < -0.3 is 25.8 Å². The van der Waals surface area contributed by atoms with E-state index in [4.69, 9.17) is 10.5 Å². The smallest absolute Gasteiger partial charge is 0.247 e. The molecule has 0 bridgehead atoms. The van der Waals surface area contributed by atoms with Gasteiger partial charge in [-0.1, -0.05) is 6.92 Å². The molecule has 2 aromatic heterocycles. The van der Waals surface area contributed by atoms with Crippen molar-refractivity contribution in [1.82, 2.24) is 19.5 Å². The van der Waals surface area contributed by atoms with Crippen LogP contribution in [-0.4, -0.2) is 66.0 Å². The zero-order chi connectivity index (χ0) is 17.3. The highest BCUT2D eigenvalue weighted by atomic mass is 16.6. The van der Waals surface area contributed by atoms with Crippen molar-refractivity contribution >= 4 is 29.1 Å². The van der Waals surface area contributed by atoms with E-state index in [-0.39, 0.29) is 11.8 Å². The molecule has 0 aromatic carbocycles. The molecule has 130 valence electrons. The maximum atomic E-state index is 10.2. The van der Waals surface area contributed by atoms with E-state index in [2.05, 4.69) is 25.5 Å². The molecule has 0 saturated carbocycles. The Morgan fingerprint density at radius 2 is 2.21 bits per heavy atom. The number of hydrogen-bond acceptors (Lipinski definition) is 10.